The van der Waals surface area contributed by atoms with Gasteiger partial charge in [0.05, 0.1) is 0 Å². The molecule has 0 rings (SSSR count). The Hall–Kier alpha value is -1.32. The van der Waals surface area contributed by atoms with Gasteiger partial charge < -0.3 is 10.2 Å². The zero-order valence-corrected chi connectivity index (χ0v) is 6.42. The molecule has 0 saturated carbocycles. The molecule has 0 aliphatic rings. The minimum atomic E-state index is -1.18. The second kappa shape index (κ2) is 3.75. The molecule has 0 aromatic heterocycles. The minimum Gasteiger partial charge on any atom is -0.478 e. The second-order valence-electron chi connectivity index (χ2n) is 2.07. The molecular formula is C7H10O4. The molecule has 0 spiro atoms. The first kappa shape index (κ1) is 9.68. The summed E-state index contributed by atoms with van der Waals surface area (Å²) >= 11 is 0. The van der Waals surface area contributed by atoms with Crippen LogP contribution in [0, 0.1) is 0 Å². The average Bonchev–Trinajstić information content (AvgIpc) is 1.88. The van der Waals surface area contributed by atoms with E-state index in [9.17, 15) is 9.59 Å². The van der Waals surface area contributed by atoms with Crippen LogP contribution in [0.15, 0.2) is 11.1 Å². The summed E-state index contributed by atoms with van der Waals surface area (Å²) in [6.45, 7) is 2.89. The van der Waals surface area contributed by atoms with Crippen molar-refractivity contribution in [2.75, 3.05) is 0 Å². The van der Waals surface area contributed by atoms with Crippen LogP contribution in [-0.2, 0) is 9.59 Å². The van der Waals surface area contributed by atoms with E-state index in [1.807, 2.05) is 0 Å². The Kier molecular flexibility index (Phi) is 3.30. The van der Waals surface area contributed by atoms with Crippen LogP contribution in [0.25, 0.3) is 0 Å². The van der Waals surface area contributed by atoms with Gasteiger partial charge in [0.15, 0.2) is 0 Å². The Balaban J connectivity index is 4.83. The third-order valence-electron chi connectivity index (χ3n) is 1.39. The maximum absolute atomic E-state index is 10.4. The lowest BCUT2D eigenvalue weighted by Crippen LogP contribution is -2.08. The van der Waals surface area contributed by atoms with Gasteiger partial charge in [-0.3, -0.25) is 0 Å². The van der Waals surface area contributed by atoms with Crippen molar-refractivity contribution in [3.8, 4) is 0 Å². The number of hydrogen-bond acceptors (Lipinski definition) is 2. The van der Waals surface area contributed by atoms with Crippen LogP contribution in [0.1, 0.15) is 20.3 Å². The fraction of sp³-hybridized carbons (Fsp3) is 0.429. The molecule has 62 valence electrons. The van der Waals surface area contributed by atoms with Crippen molar-refractivity contribution in [3.05, 3.63) is 11.1 Å². The van der Waals surface area contributed by atoms with Gasteiger partial charge in [-0.1, -0.05) is 6.92 Å². The van der Waals surface area contributed by atoms with Crippen LogP contribution < -0.4 is 0 Å². The van der Waals surface area contributed by atoms with Crippen molar-refractivity contribution < 1.29 is 19.8 Å². The predicted octanol–water partition coefficient (Wildman–Crippen LogP) is 0.882. The van der Waals surface area contributed by atoms with E-state index in [2.05, 4.69) is 0 Å². The first-order valence-electron chi connectivity index (χ1n) is 3.17. The van der Waals surface area contributed by atoms with Gasteiger partial charge in [0, 0.05) is 11.1 Å². The Morgan fingerprint density at radius 3 is 1.73 bits per heavy atom. The highest BCUT2D eigenvalue weighted by Crippen LogP contribution is 2.08. The molecule has 0 unspecified atom stereocenters. The van der Waals surface area contributed by atoms with E-state index in [-0.39, 0.29) is 17.6 Å². The second-order valence-corrected chi connectivity index (χ2v) is 2.07. The SMILES string of the molecule is CC/C(C(=O)O)=C(/C)C(=O)O. The Morgan fingerprint density at radius 2 is 1.64 bits per heavy atom. The molecule has 0 aromatic rings. The molecular weight excluding hydrogens is 148 g/mol. The molecule has 4 nitrogen and oxygen atoms in total. The summed E-state index contributed by atoms with van der Waals surface area (Å²) in [6, 6.07) is 0. The summed E-state index contributed by atoms with van der Waals surface area (Å²) in [5, 5.41) is 16.9. The quantitative estimate of drug-likeness (QED) is 0.598. The molecule has 4 heteroatoms. The maximum atomic E-state index is 10.4. The minimum absolute atomic E-state index is 0.0440. The first-order valence-corrected chi connectivity index (χ1v) is 3.17. The van der Waals surface area contributed by atoms with Crippen LogP contribution in [0.5, 0.6) is 0 Å². The van der Waals surface area contributed by atoms with Crippen LogP contribution in [0.4, 0.5) is 0 Å². The maximum Gasteiger partial charge on any atom is 0.332 e. The number of aliphatic carboxylic acids is 2. The molecule has 0 heterocycles. The van der Waals surface area contributed by atoms with Crippen LogP contribution in [-0.4, -0.2) is 22.2 Å². The van der Waals surface area contributed by atoms with Crippen molar-refractivity contribution >= 4 is 11.9 Å². The summed E-state index contributed by atoms with van der Waals surface area (Å²) < 4.78 is 0. The highest BCUT2D eigenvalue weighted by molar-refractivity contribution is 5.98. The van der Waals surface area contributed by atoms with Crippen molar-refractivity contribution in [1.29, 1.82) is 0 Å². The van der Waals surface area contributed by atoms with Gasteiger partial charge in [-0.05, 0) is 13.3 Å². The molecule has 11 heavy (non-hydrogen) atoms. The average molecular weight is 158 g/mol. The number of rotatable bonds is 3. The fourth-order valence-electron chi connectivity index (χ4n) is 0.706. The molecule has 0 atom stereocenters. The highest BCUT2D eigenvalue weighted by Gasteiger charge is 2.13. The summed E-state index contributed by atoms with van der Waals surface area (Å²) in [4.78, 5) is 20.6. The van der Waals surface area contributed by atoms with E-state index in [1.54, 1.807) is 6.92 Å². The predicted molar refractivity (Wildman–Crippen MR) is 38.3 cm³/mol. The van der Waals surface area contributed by atoms with E-state index in [1.165, 1.54) is 6.92 Å². The number of hydrogen-bond donors (Lipinski definition) is 2. The molecule has 0 bridgehead atoms. The van der Waals surface area contributed by atoms with Crippen LogP contribution in [0.3, 0.4) is 0 Å². The normalized spacial score (nSPS) is 12.2. The van der Waals surface area contributed by atoms with E-state index >= 15 is 0 Å². The van der Waals surface area contributed by atoms with Crippen molar-refractivity contribution in [2.24, 2.45) is 0 Å². The zero-order valence-electron chi connectivity index (χ0n) is 6.42. The van der Waals surface area contributed by atoms with Crippen LogP contribution in [0.2, 0.25) is 0 Å². The lowest BCUT2D eigenvalue weighted by atomic mass is 10.1. The summed E-state index contributed by atoms with van der Waals surface area (Å²) in [5.74, 6) is -2.34. The molecule has 0 aliphatic heterocycles. The number of carboxylic acids is 2. The monoisotopic (exact) mass is 158 g/mol. The smallest absolute Gasteiger partial charge is 0.332 e. The lowest BCUT2D eigenvalue weighted by Gasteiger charge is -1.99. The summed E-state index contributed by atoms with van der Waals surface area (Å²) in [7, 11) is 0. The molecule has 0 aliphatic carbocycles. The zero-order chi connectivity index (χ0) is 9.02. The molecule has 0 saturated heterocycles. The number of carboxylic acid groups (broad SMARTS) is 2. The fourth-order valence-corrected chi connectivity index (χ4v) is 0.706. The standard InChI is InChI=1S/C7H10O4/c1-3-5(7(10)11)4(2)6(8)9/h3H2,1-2H3,(H,8,9)(H,10,11)/b5-4+. The lowest BCUT2D eigenvalue weighted by molar-refractivity contribution is -0.136. The largest absolute Gasteiger partial charge is 0.478 e. The van der Waals surface area contributed by atoms with Gasteiger partial charge in [-0.15, -0.1) is 0 Å². The van der Waals surface area contributed by atoms with Gasteiger partial charge in [-0.2, -0.15) is 0 Å². The van der Waals surface area contributed by atoms with Crippen molar-refractivity contribution in [1.82, 2.24) is 0 Å². The van der Waals surface area contributed by atoms with E-state index in [0.717, 1.165) is 0 Å². The third-order valence-corrected chi connectivity index (χ3v) is 1.39. The summed E-state index contributed by atoms with van der Waals surface area (Å²) in [6.07, 6.45) is 0.230. The number of carbonyl (C=O) groups is 2. The Labute approximate surface area is 64.2 Å². The van der Waals surface area contributed by atoms with E-state index in [4.69, 9.17) is 10.2 Å². The van der Waals surface area contributed by atoms with E-state index < -0.39 is 11.9 Å². The van der Waals surface area contributed by atoms with Gasteiger partial charge in [0.2, 0.25) is 0 Å². The highest BCUT2D eigenvalue weighted by atomic mass is 16.4. The Bertz CT molecular complexity index is 214. The Morgan fingerprint density at radius 1 is 1.18 bits per heavy atom. The van der Waals surface area contributed by atoms with Gasteiger partial charge in [-0.25, -0.2) is 9.59 Å². The molecule has 2 N–H and O–H groups in total. The van der Waals surface area contributed by atoms with Crippen LogP contribution >= 0.6 is 0 Å². The molecule has 0 fully saturated rings. The van der Waals surface area contributed by atoms with Crippen molar-refractivity contribution in [3.63, 3.8) is 0 Å². The van der Waals surface area contributed by atoms with Gasteiger partial charge in [0.25, 0.3) is 0 Å². The molecule has 0 aromatic carbocycles. The summed E-state index contributed by atoms with van der Waals surface area (Å²) in [5.41, 5.74) is -0.141. The molecule has 0 radical (unpaired) electrons. The van der Waals surface area contributed by atoms with Gasteiger partial charge in [0.1, 0.15) is 0 Å². The molecule has 0 amide bonds. The van der Waals surface area contributed by atoms with Crippen molar-refractivity contribution in [2.45, 2.75) is 20.3 Å². The third kappa shape index (κ3) is 2.41. The topological polar surface area (TPSA) is 74.6 Å². The van der Waals surface area contributed by atoms with E-state index in [0.29, 0.717) is 0 Å². The van der Waals surface area contributed by atoms with Gasteiger partial charge >= 0.3 is 11.9 Å². The first-order chi connectivity index (χ1) is 5.00.